The fourth-order valence-corrected chi connectivity index (χ4v) is 1.46. The standard InChI is InChI=1S/C13H8F3N3O/c1-18-12-10(15)5-11(16)13(19-12)20-8-3-2-7(6-17)9(14)4-8/h2-5H,1H3,(H,18,19). The minimum atomic E-state index is -1.02. The molecule has 1 N–H and O–H groups in total. The number of aromatic nitrogens is 1. The van der Waals surface area contributed by atoms with E-state index in [-0.39, 0.29) is 17.1 Å². The third kappa shape index (κ3) is 2.64. The summed E-state index contributed by atoms with van der Waals surface area (Å²) in [5.41, 5.74) is -0.166. The average molecular weight is 279 g/mol. The van der Waals surface area contributed by atoms with Crippen LogP contribution in [0.4, 0.5) is 19.0 Å². The Hall–Kier alpha value is -2.75. The molecule has 0 bridgehead atoms. The van der Waals surface area contributed by atoms with E-state index in [1.807, 2.05) is 0 Å². The minimum Gasteiger partial charge on any atom is -0.436 e. The summed E-state index contributed by atoms with van der Waals surface area (Å²) in [6.07, 6.45) is 0. The largest absolute Gasteiger partial charge is 0.436 e. The van der Waals surface area contributed by atoms with Crippen molar-refractivity contribution in [1.82, 2.24) is 4.98 Å². The smallest absolute Gasteiger partial charge is 0.258 e. The molecule has 1 heterocycles. The number of ether oxygens (including phenoxy) is 1. The van der Waals surface area contributed by atoms with E-state index < -0.39 is 23.3 Å². The van der Waals surface area contributed by atoms with E-state index in [0.717, 1.165) is 6.07 Å². The van der Waals surface area contributed by atoms with Gasteiger partial charge < -0.3 is 10.1 Å². The lowest BCUT2D eigenvalue weighted by Crippen LogP contribution is -2.01. The van der Waals surface area contributed by atoms with Gasteiger partial charge in [0, 0.05) is 19.2 Å². The van der Waals surface area contributed by atoms with Crippen LogP contribution in [0, 0.1) is 28.8 Å². The number of benzene rings is 1. The third-order valence-corrected chi connectivity index (χ3v) is 2.41. The number of nitrogens with zero attached hydrogens (tertiary/aromatic N) is 2. The number of halogens is 3. The quantitative estimate of drug-likeness (QED) is 0.937. The molecule has 2 rings (SSSR count). The van der Waals surface area contributed by atoms with Crippen LogP contribution in [0.1, 0.15) is 5.56 Å². The maximum absolute atomic E-state index is 13.5. The highest BCUT2D eigenvalue weighted by Crippen LogP contribution is 2.26. The molecule has 1 aromatic heterocycles. The van der Waals surface area contributed by atoms with Gasteiger partial charge in [0.25, 0.3) is 5.88 Å². The number of rotatable bonds is 3. The molecule has 0 aliphatic heterocycles. The number of hydrogen-bond donors (Lipinski definition) is 1. The zero-order valence-electron chi connectivity index (χ0n) is 10.2. The Morgan fingerprint density at radius 1 is 1.15 bits per heavy atom. The summed E-state index contributed by atoms with van der Waals surface area (Å²) >= 11 is 0. The highest BCUT2D eigenvalue weighted by molar-refractivity contribution is 5.41. The second kappa shape index (κ2) is 5.48. The first-order valence-electron chi connectivity index (χ1n) is 5.46. The molecule has 0 fully saturated rings. The van der Waals surface area contributed by atoms with Gasteiger partial charge >= 0.3 is 0 Å². The van der Waals surface area contributed by atoms with Gasteiger partial charge in [-0.3, -0.25) is 0 Å². The molecule has 0 unspecified atom stereocenters. The second-order valence-corrected chi connectivity index (χ2v) is 3.71. The van der Waals surface area contributed by atoms with Crippen molar-refractivity contribution in [3.8, 4) is 17.7 Å². The maximum atomic E-state index is 13.5. The summed E-state index contributed by atoms with van der Waals surface area (Å²) in [7, 11) is 1.41. The summed E-state index contributed by atoms with van der Waals surface area (Å²) in [5, 5.41) is 11.0. The van der Waals surface area contributed by atoms with Crippen molar-refractivity contribution in [2.45, 2.75) is 0 Å². The number of nitriles is 1. The van der Waals surface area contributed by atoms with Crippen molar-refractivity contribution >= 4 is 5.82 Å². The molecule has 0 radical (unpaired) electrons. The highest BCUT2D eigenvalue weighted by Gasteiger charge is 2.14. The van der Waals surface area contributed by atoms with E-state index in [4.69, 9.17) is 10.00 Å². The normalized spacial score (nSPS) is 9.95. The Morgan fingerprint density at radius 3 is 2.50 bits per heavy atom. The number of pyridine rings is 1. The Kier molecular flexibility index (Phi) is 3.75. The van der Waals surface area contributed by atoms with Crippen molar-refractivity contribution in [3.63, 3.8) is 0 Å². The zero-order valence-corrected chi connectivity index (χ0v) is 10.2. The van der Waals surface area contributed by atoms with Crippen LogP contribution in [0.25, 0.3) is 0 Å². The molecule has 7 heteroatoms. The molecule has 2 aromatic rings. The summed E-state index contributed by atoms with van der Waals surface area (Å²) in [6, 6.07) is 5.64. The van der Waals surface area contributed by atoms with E-state index in [1.54, 1.807) is 6.07 Å². The number of anilines is 1. The zero-order chi connectivity index (χ0) is 14.7. The van der Waals surface area contributed by atoms with Crippen molar-refractivity contribution in [1.29, 1.82) is 5.26 Å². The van der Waals surface area contributed by atoms with E-state index in [2.05, 4.69) is 10.3 Å². The van der Waals surface area contributed by atoms with Crippen molar-refractivity contribution < 1.29 is 17.9 Å². The maximum Gasteiger partial charge on any atom is 0.258 e. The van der Waals surface area contributed by atoms with Gasteiger partial charge in [0.05, 0.1) is 5.56 Å². The van der Waals surface area contributed by atoms with Gasteiger partial charge in [-0.25, -0.2) is 13.2 Å². The molecule has 0 spiro atoms. The molecule has 0 saturated heterocycles. The summed E-state index contributed by atoms with van der Waals surface area (Å²) in [4.78, 5) is 3.59. The minimum absolute atomic E-state index is 0.0541. The van der Waals surface area contributed by atoms with Crippen LogP contribution in [0.5, 0.6) is 11.6 Å². The van der Waals surface area contributed by atoms with Crippen molar-refractivity contribution in [3.05, 3.63) is 47.3 Å². The fourth-order valence-electron chi connectivity index (χ4n) is 1.46. The second-order valence-electron chi connectivity index (χ2n) is 3.71. The molecular weight excluding hydrogens is 271 g/mol. The molecule has 0 saturated carbocycles. The first-order valence-corrected chi connectivity index (χ1v) is 5.46. The van der Waals surface area contributed by atoms with Gasteiger partial charge in [-0.2, -0.15) is 10.2 Å². The summed E-state index contributed by atoms with van der Waals surface area (Å²) < 4.78 is 45.1. The monoisotopic (exact) mass is 279 g/mol. The van der Waals surface area contributed by atoms with Crippen LogP contribution in [-0.4, -0.2) is 12.0 Å². The van der Waals surface area contributed by atoms with E-state index in [1.165, 1.54) is 19.2 Å². The van der Waals surface area contributed by atoms with Gasteiger partial charge in [-0.05, 0) is 12.1 Å². The molecule has 4 nitrogen and oxygen atoms in total. The lowest BCUT2D eigenvalue weighted by Gasteiger charge is -2.08. The van der Waals surface area contributed by atoms with E-state index in [0.29, 0.717) is 6.07 Å². The molecule has 1 aromatic carbocycles. The summed E-state index contributed by atoms with van der Waals surface area (Å²) in [5.74, 6) is -3.45. The Morgan fingerprint density at radius 2 is 1.90 bits per heavy atom. The highest BCUT2D eigenvalue weighted by atomic mass is 19.1. The molecule has 102 valence electrons. The van der Waals surface area contributed by atoms with Crippen LogP contribution in [0.2, 0.25) is 0 Å². The van der Waals surface area contributed by atoms with Crippen molar-refractivity contribution in [2.24, 2.45) is 0 Å². The first kappa shape index (κ1) is 13.7. The molecule has 0 atom stereocenters. The topological polar surface area (TPSA) is 57.9 Å². The van der Waals surface area contributed by atoms with Gasteiger partial charge in [0.1, 0.15) is 17.6 Å². The lowest BCUT2D eigenvalue weighted by molar-refractivity contribution is 0.415. The van der Waals surface area contributed by atoms with Crippen LogP contribution in [-0.2, 0) is 0 Å². The van der Waals surface area contributed by atoms with Gasteiger partial charge in [0.15, 0.2) is 17.5 Å². The van der Waals surface area contributed by atoms with Crippen LogP contribution in [0.3, 0.4) is 0 Å². The molecule has 0 aliphatic rings. The van der Waals surface area contributed by atoms with E-state index in [9.17, 15) is 13.2 Å². The Balaban J connectivity index is 2.35. The lowest BCUT2D eigenvalue weighted by atomic mass is 10.2. The SMILES string of the molecule is CNc1nc(Oc2ccc(C#N)c(F)c2)c(F)cc1F. The molecular formula is C13H8F3N3O. The summed E-state index contributed by atoms with van der Waals surface area (Å²) in [6.45, 7) is 0. The van der Waals surface area contributed by atoms with Crippen LogP contribution < -0.4 is 10.1 Å². The third-order valence-electron chi connectivity index (χ3n) is 2.41. The Labute approximate surface area is 112 Å². The van der Waals surface area contributed by atoms with Crippen LogP contribution in [0.15, 0.2) is 24.3 Å². The van der Waals surface area contributed by atoms with Crippen molar-refractivity contribution in [2.75, 3.05) is 12.4 Å². The van der Waals surface area contributed by atoms with E-state index >= 15 is 0 Å². The predicted molar refractivity (Wildman–Crippen MR) is 64.9 cm³/mol. The first-order chi connectivity index (χ1) is 9.55. The fraction of sp³-hybridized carbons (Fsp3) is 0.0769. The average Bonchev–Trinajstić information content (AvgIpc) is 2.42. The van der Waals surface area contributed by atoms with Gasteiger partial charge in [0.2, 0.25) is 0 Å². The number of nitrogens with one attached hydrogen (secondary N) is 1. The molecule has 20 heavy (non-hydrogen) atoms. The number of hydrogen-bond acceptors (Lipinski definition) is 4. The Bertz CT molecular complexity index is 698. The van der Waals surface area contributed by atoms with Gasteiger partial charge in [-0.15, -0.1) is 0 Å². The van der Waals surface area contributed by atoms with Gasteiger partial charge in [-0.1, -0.05) is 0 Å². The van der Waals surface area contributed by atoms with Crippen LogP contribution >= 0.6 is 0 Å². The molecule has 0 amide bonds. The molecule has 0 aliphatic carbocycles. The predicted octanol–water partition coefficient (Wildman–Crippen LogP) is 3.20.